The molecule has 3 rings (SSSR count). The molecule has 7 nitrogen and oxygen atoms in total. The number of benzene rings is 2. The first-order chi connectivity index (χ1) is 14.6. The summed E-state index contributed by atoms with van der Waals surface area (Å²) in [6.45, 7) is 8.07. The van der Waals surface area contributed by atoms with Crippen molar-refractivity contribution in [2.24, 2.45) is 0 Å². The summed E-state index contributed by atoms with van der Waals surface area (Å²) in [6.07, 6.45) is -0.954. The molecule has 1 unspecified atom stereocenters. The molecule has 8 heteroatoms. The Hall–Kier alpha value is -2.71. The summed E-state index contributed by atoms with van der Waals surface area (Å²) >= 11 is 0. The molecule has 1 saturated heterocycles. The number of rotatable bonds is 5. The number of nitrogens with zero attached hydrogens (tertiary/aromatic N) is 2. The Morgan fingerprint density at radius 2 is 1.48 bits per heavy atom. The van der Waals surface area contributed by atoms with E-state index in [0.29, 0.717) is 5.56 Å². The van der Waals surface area contributed by atoms with Crippen LogP contribution in [0.3, 0.4) is 0 Å². The van der Waals surface area contributed by atoms with Crippen molar-refractivity contribution in [3.63, 3.8) is 0 Å². The number of amides is 1. The number of esters is 1. The quantitative estimate of drug-likeness (QED) is 0.662. The van der Waals surface area contributed by atoms with Gasteiger partial charge in [-0.15, -0.1) is 0 Å². The van der Waals surface area contributed by atoms with Gasteiger partial charge in [0.05, 0.1) is 10.5 Å². The second kappa shape index (κ2) is 9.20. The van der Waals surface area contributed by atoms with E-state index in [-0.39, 0.29) is 37.0 Å². The summed E-state index contributed by atoms with van der Waals surface area (Å²) < 4.78 is 32.3. The summed E-state index contributed by atoms with van der Waals surface area (Å²) in [6, 6.07) is 12.1. The molecule has 0 N–H and O–H groups in total. The predicted molar refractivity (Wildman–Crippen MR) is 117 cm³/mol. The molecule has 1 atom stereocenters. The minimum Gasteiger partial charge on any atom is -0.449 e. The SMILES string of the molecule is Cc1cc(C)c(C(=O)OC(C)C(=O)N2CCN(S(=O)(=O)c3ccccc3)CC2)c(C)c1. The van der Waals surface area contributed by atoms with Gasteiger partial charge in [0, 0.05) is 26.2 Å². The van der Waals surface area contributed by atoms with E-state index >= 15 is 0 Å². The van der Waals surface area contributed by atoms with Crippen molar-refractivity contribution in [3.05, 3.63) is 64.7 Å². The Kier molecular flexibility index (Phi) is 6.81. The minimum absolute atomic E-state index is 0.194. The van der Waals surface area contributed by atoms with Gasteiger partial charge in [0.25, 0.3) is 5.91 Å². The third-order valence-electron chi connectivity index (χ3n) is 5.44. The van der Waals surface area contributed by atoms with Gasteiger partial charge in [-0.3, -0.25) is 4.79 Å². The standard InChI is InChI=1S/C23H28N2O5S/c1-16-14-17(2)21(18(3)15-16)23(27)30-19(4)22(26)24-10-12-25(13-11-24)31(28,29)20-8-6-5-7-9-20/h5-9,14-15,19H,10-13H2,1-4H3. The lowest BCUT2D eigenvalue weighted by atomic mass is 10.00. The highest BCUT2D eigenvalue weighted by Crippen LogP contribution is 2.20. The van der Waals surface area contributed by atoms with E-state index in [4.69, 9.17) is 4.74 Å². The average molecular weight is 445 g/mol. The molecule has 0 saturated carbocycles. The van der Waals surface area contributed by atoms with Gasteiger partial charge in [-0.05, 0) is 51.0 Å². The van der Waals surface area contributed by atoms with Gasteiger partial charge in [0.2, 0.25) is 10.0 Å². The summed E-state index contributed by atoms with van der Waals surface area (Å²) in [7, 11) is -3.59. The largest absolute Gasteiger partial charge is 0.449 e. The van der Waals surface area contributed by atoms with Crippen LogP contribution < -0.4 is 0 Å². The van der Waals surface area contributed by atoms with Gasteiger partial charge < -0.3 is 9.64 Å². The van der Waals surface area contributed by atoms with Crippen molar-refractivity contribution in [2.45, 2.75) is 38.7 Å². The van der Waals surface area contributed by atoms with Crippen LogP contribution in [0.4, 0.5) is 0 Å². The number of carbonyl (C=O) groups is 2. The number of sulfonamides is 1. The van der Waals surface area contributed by atoms with E-state index in [1.165, 1.54) is 4.31 Å². The molecule has 1 aliphatic rings. The maximum Gasteiger partial charge on any atom is 0.339 e. The Bertz CT molecular complexity index is 1050. The normalized spacial score (nSPS) is 16.1. The molecule has 1 aliphatic heterocycles. The van der Waals surface area contributed by atoms with Crippen molar-refractivity contribution in [3.8, 4) is 0 Å². The molecule has 2 aromatic carbocycles. The number of carbonyl (C=O) groups excluding carboxylic acids is 2. The first-order valence-corrected chi connectivity index (χ1v) is 11.7. The zero-order chi connectivity index (χ0) is 22.8. The zero-order valence-electron chi connectivity index (χ0n) is 18.3. The van der Waals surface area contributed by atoms with Crippen LogP contribution in [0.1, 0.15) is 34.0 Å². The third kappa shape index (κ3) is 4.97. The van der Waals surface area contributed by atoms with Crippen molar-refractivity contribution in [2.75, 3.05) is 26.2 Å². The first-order valence-electron chi connectivity index (χ1n) is 10.2. The third-order valence-corrected chi connectivity index (χ3v) is 7.36. The van der Waals surface area contributed by atoms with Crippen LogP contribution in [0.2, 0.25) is 0 Å². The van der Waals surface area contributed by atoms with Crippen LogP contribution in [-0.2, 0) is 19.6 Å². The van der Waals surface area contributed by atoms with Crippen LogP contribution >= 0.6 is 0 Å². The van der Waals surface area contributed by atoms with E-state index in [1.54, 1.807) is 42.2 Å². The highest BCUT2D eigenvalue weighted by Gasteiger charge is 2.32. The van der Waals surface area contributed by atoms with Gasteiger partial charge in [-0.2, -0.15) is 4.31 Å². The summed E-state index contributed by atoms with van der Waals surface area (Å²) in [5, 5.41) is 0. The molecule has 2 aromatic rings. The zero-order valence-corrected chi connectivity index (χ0v) is 19.1. The van der Waals surface area contributed by atoms with Crippen LogP contribution in [-0.4, -0.2) is 61.8 Å². The smallest absolute Gasteiger partial charge is 0.339 e. The molecule has 166 valence electrons. The van der Waals surface area contributed by atoms with E-state index in [2.05, 4.69) is 0 Å². The molecule has 0 aromatic heterocycles. The fourth-order valence-corrected chi connectivity index (χ4v) is 5.36. The fourth-order valence-electron chi connectivity index (χ4n) is 3.92. The van der Waals surface area contributed by atoms with Crippen molar-refractivity contribution in [1.29, 1.82) is 0 Å². The summed E-state index contributed by atoms with van der Waals surface area (Å²) in [5.74, 6) is -0.853. The molecule has 0 aliphatic carbocycles. The lowest BCUT2D eigenvalue weighted by molar-refractivity contribution is -0.141. The Balaban J connectivity index is 1.61. The molecular formula is C23H28N2O5S. The number of hydrogen-bond donors (Lipinski definition) is 0. The number of hydrogen-bond acceptors (Lipinski definition) is 5. The topological polar surface area (TPSA) is 84.0 Å². The molecule has 1 fully saturated rings. The lowest BCUT2D eigenvalue weighted by Crippen LogP contribution is -2.52. The van der Waals surface area contributed by atoms with E-state index < -0.39 is 22.1 Å². The molecule has 0 radical (unpaired) electrons. The van der Waals surface area contributed by atoms with Gasteiger partial charge in [-0.25, -0.2) is 13.2 Å². The molecule has 0 bridgehead atoms. The van der Waals surface area contributed by atoms with Gasteiger partial charge in [0.1, 0.15) is 0 Å². The Labute approximate surface area is 183 Å². The Morgan fingerprint density at radius 1 is 0.935 bits per heavy atom. The van der Waals surface area contributed by atoms with Gasteiger partial charge >= 0.3 is 5.97 Å². The summed E-state index contributed by atoms with van der Waals surface area (Å²) in [5.41, 5.74) is 3.15. The Morgan fingerprint density at radius 3 is 2.03 bits per heavy atom. The highest BCUT2D eigenvalue weighted by atomic mass is 32.2. The van der Waals surface area contributed by atoms with E-state index in [0.717, 1.165) is 16.7 Å². The molecular weight excluding hydrogens is 416 g/mol. The number of aryl methyl sites for hydroxylation is 3. The molecule has 31 heavy (non-hydrogen) atoms. The lowest BCUT2D eigenvalue weighted by Gasteiger charge is -2.35. The van der Waals surface area contributed by atoms with Gasteiger partial charge in [-0.1, -0.05) is 35.9 Å². The maximum atomic E-state index is 12.8. The predicted octanol–water partition coefficient (Wildman–Crippen LogP) is 2.69. The second-order valence-electron chi connectivity index (χ2n) is 7.86. The summed E-state index contributed by atoms with van der Waals surface area (Å²) in [4.78, 5) is 27.2. The average Bonchev–Trinajstić information content (AvgIpc) is 2.73. The molecule has 1 amide bonds. The molecule has 1 heterocycles. The van der Waals surface area contributed by atoms with Crippen molar-refractivity contribution in [1.82, 2.24) is 9.21 Å². The van der Waals surface area contributed by atoms with Crippen LogP contribution in [0.5, 0.6) is 0 Å². The van der Waals surface area contributed by atoms with Crippen LogP contribution in [0.25, 0.3) is 0 Å². The molecule has 0 spiro atoms. The van der Waals surface area contributed by atoms with Crippen LogP contribution in [0, 0.1) is 20.8 Å². The van der Waals surface area contributed by atoms with E-state index in [9.17, 15) is 18.0 Å². The first kappa shape index (κ1) is 23.0. The van der Waals surface area contributed by atoms with Crippen LogP contribution in [0.15, 0.2) is 47.4 Å². The van der Waals surface area contributed by atoms with Crippen molar-refractivity contribution >= 4 is 21.9 Å². The number of ether oxygens (including phenoxy) is 1. The van der Waals surface area contributed by atoms with Gasteiger partial charge in [0.15, 0.2) is 6.10 Å². The maximum absolute atomic E-state index is 12.8. The number of piperazine rings is 1. The van der Waals surface area contributed by atoms with E-state index in [1.807, 2.05) is 32.9 Å². The fraction of sp³-hybridized carbons (Fsp3) is 0.391. The van der Waals surface area contributed by atoms with Crippen molar-refractivity contribution < 1.29 is 22.7 Å². The minimum atomic E-state index is -3.59. The second-order valence-corrected chi connectivity index (χ2v) is 9.80. The highest BCUT2D eigenvalue weighted by molar-refractivity contribution is 7.89. The monoisotopic (exact) mass is 444 g/mol.